The van der Waals surface area contributed by atoms with Gasteiger partial charge in [-0.2, -0.15) is 0 Å². The second-order valence-electron chi connectivity index (χ2n) is 5.53. The molecule has 1 aliphatic rings. The molecule has 0 amide bonds. The molecule has 0 spiro atoms. The molecule has 1 aliphatic carbocycles. The molecule has 3 heteroatoms. The minimum Gasteiger partial charge on any atom is -0.497 e. The lowest BCUT2D eigenvalue weighted by Gasteiger charge is -2.34. The second kappa shape index (κ2) is 5.93. The van der Waals surface area contributed by atoms with Crippen LogP contribution in [0, 0.1) is 0 Å². The molecule has 0 saturated heterocycles. The van der Waals surface area contributed by atoms with Crippen molar-refractivity contribution in [3.63, 3.8) is 0 Å². The van der Waals surface area contributed by atoms with E-state index >= 15 is 0 Å². The highest BCUT2D eigenvalue weighted by Crippen LogP contribution is 2.36. The zero-order chi connectivity index (χ0) is 14.0. The monoisotopic (exact) mass is 262 g/mol. The first kappa shape index (κ1) is 14.4. The van der Waals surface area contributed by atoms with Crippen LogP contribution in [0.2, 0.25) is 0 Å². The van der Waals surface area contributed by atoms with Crippen LogP contribution >= 0.6 is 0 Å². The Kier molecular flexibility index (Phi) is 4.48. The van der Waals surface area contributed by atoms with Gasteiger partial charge in [0.25, 0.3) is 0 Å². The molecule has 0 bridgehead atoms. The molecule has 1 N–H and O–H groups in total. The van der Waals surface area contributed by atoms with Crippen molar-refractivity contribution < 1.29 is 4.74 Å². The molecular formula is C16H26N2O. The van der Waals surface area contributed by atoms with Crippen molar-refractivity contribution in [1.29, 1.82) is 0 Å². The minimum absolute atomic E-state index is 0.393. The third-order valence-corrected chi connectivity index (χ3v) is 4.62. The molecule has 0 heterocycles. The number of nitrogens with one attached hydrogen (secondary N) is 1. The van der Waals surface area contributed by atoms with Crippen molar-refractivity contribution >= 4 is 0 Å². The summed E-state index contributed by atoms with van der Waals surface area (Å²) in [5.74, 6) is 0.950. The summed E-state index contributed by atoms with van der Waals surface area (Å²) in [6.07, 6.45) is 2.30. The van der Waals surface area contributed by atoms with Gasteiger partial charge in [0.15, 0.2) is 0 Å². The summed E-state index contributed by atoms with van der Waals surface area (Å²) in [6, 6.07) is 7.99. The van der Waals surface area contributed by atoms with Crippen LogP contribution in [0.3, 0.4) is 0 Å². The molecular weight excluding hydrogens is 236 g/mol. The summed E-state index contributed by atoms with van der Waals surface area (Å²) in [5, 5.41) is 3.48. The lowest BCUT2D eigenvalue weighted by atomic mass is 10.0. The molecule has 19 heavy (non-hydrogen) atoms. The SMILES string of the molecule is CCC(C)N(C)C1Cc2ccc(OC)cc2C1NC. The van der Waals surface area contributed by atoms with Gasteiger partial charge in [-0.15, -0.1) is 0 Å². The van der Waals surface area contributed by atoms with E-state index in [1.165, 1.54) is 17.5 Å². The number of rotatable bonds is 5. The molecule has 106 valence electrons. The van der Waals surface area contributed by atoms with Crippen LogP contribution in [0.25, 0.3) is 0 Å². The van der Waals surface area contributed by atoms with Gasteiger partial charge in [0.1, 0.15) is 5.75 Å². The van der Waals surface area contributed by atoms with Crippen LogP contribution < -0.4 is 10.1 Å². The third kappa shape index (κ3) is 2.63. The quantitative estimate of drug-likeness (QED) is 0.883. The lowest BCUT2D eigenvalue weighted by molar-refractivity contribution is 0.155. The van der Waals surface area contributed by atoms with Crippen molar-refractivity contribution in [3.8, 4) is 5.75 Å². The standard InChI is InChI=1S/C16H26N2O/c1-6-11(2)18(4)15-9-12-7-8-13(19-5)10-14(12)16(15)17-3/h7-8,10-11,15-17H,6,9H2,1-5H3. The van der Waals surface area contributed by atoms with Crippen LogP contribution in [0.4, 0.5) is 0 Å². The number of methoxy groups -OCH3 is 1. The molecule has 3 unspecified atom stereocenters. The molecule has 0 aliphatic heterocycles. The number of hydrogen-bond acceptors (Lipinski definition) is 3. The van der Waals surface area contributed by atoms with Gasteiger partial charge in [0.05, 0.1) is 7.11 Å². The normalized spacial score (nSPS) is 23.5. The average Bonchev–Trinajstić information content (AvgIpc) is 2.82. The van der Waals surface area contributed by atoms with Gasteiger partial charge in [-0.25, -0.2) is 0 Å². The van der Waals surface area contributed by atoms with E-state index in [2.05, 4.69) is 56.4 Å². The fourth-order valence-corrected chi connectivity index (χ4v) is 3.07. The zero-order valence-corrected chi connectivity index (χ0v) is 12.7. The number of nitrogens with zero attached hydrogens (tertiary/aromatic N) is 1. The Balaban J connectivity index is 2.27. The molecule has 0 radical (unpaired) electrons. The topological polar surface area (TPSA) is 24.5 Å². The molecule has 2 rings (SSSR count). The Labute approximate surface area is 116 Å². The van der Waals surface area contributed by atoms with E-state index in [-0.39, 0.29) is 0 Å². The van der Waals surface area contributed by atoms with E-state index in [9.17, 15) is 0 Å². The Morgan fingerprint density at radius 3 is 2.79 bits per heavy atom. The Hall–Kier alpha value is -1.06. The molecule has 0 aromatic heterocycles. The Bertz CT molecular complexity index is 433. The largest absolute Gasteiger partial charge is 0.497 e. The highest BCUT2D eigenvalue weighted by Gasteiger charge is 2.35. The van der Waals surface area contributed by atoms with Crippen molar-refractivity contribution in [1.82, 2.24) is 10.2 Å². The molecule has 0 saturated carbocycles. The van der Waals surface area contributed by atoms with E-state index in [0.29, 0.717) is 18.1 Å². The first-order chi connectivity index (χ1) is 9.12. The fraction of sp³-hybridized carbons (Fsp3) is 0.625. The summed E-state index contributed by atoms with van der Waals surface area (Å²) in [6.45, 7) is 4.55. The van der Waals surface area contributed by atoms with E-state index < -0.39 is 0 Å². The van der Waals surface area contributed by atoms with E-state index in [0.717, 1.165) is 12.2 Å². The van der Waals surface area contributed by atoms with Gasteiger partial charge in [0, 0.05) is 18.1 Å². The maximum atomic E-state index is 5.36. The maximum absolute atomic E-state index is 5.36. The molecule has 3 nitrogen and oxygen atoms in total. The van der Waals surface area contributed by atoms with Crippen molar-refractivity contribution in [2.45, 2.75) is 44.8 Å². The van der Waals surface area contributed by atoms with Gasteiger partial charge >= 0.3 is 0 Å². The molecule has 1 aromatic rings. The van der Waals surface area contributed by atoms with Crippen LogP contribution in [0.15, 0.2) is 18.2 Å². The number of ether oxygens (including phenoxy) is 1. The van der Waals surface area contributed by atoms with Crippen molar-refractivity contribution in [3.05, 3.63) is 29.3 Å². The van der Waals surface area contributed by atoms with Crippen molar-refractivity contribution in [2.75, 3.05) is 21.2 Å². The van der Waals surface area contributed by atoms with Gasteiger partial charge in [-0.3, -0.25) is 4.90 Å². The Morgan fingerprint density at radius 1 is 1.47 bits per heavy atom. The molecule has 1 aromatic carbocycles. The van der Waals surface area contributed by atoms with E-state index in [4.69, 9.17) is 4.74 Å². The summed E-state index contributed by atoms with van der Waals surface area (Å²) < 4.78 is 5.36. The number of likely N-dealkylation sites (N-methyl/N-ethyl adjacent to an activating group) is 2. The van der Waals surface area contributed by atoms with Crippen LogP contribution in [0.5, 0.6) is 5.75 Å². The number of hydrogen-bond donors (Lipinski definition) is 1. The smallest absolute Gasteiger partial charge is 0.119 e. The molecule has 3 atom stereocenters. The summed E-state index contributed by atoms with van der Waals surface area (Å²) in [5.41, 5.74) is 2.84. The summed E-state index contributed by atoms with van der Waals surface area (Å²) in [4.78, 5) is 2.51. The first-order valence-electron chi connectivity index (χ1n) is 7.18. The summed E-state index contributed by atoms with van der Waals surface area (Å²) >= 11 is 0. The zero-order valence-electron chi connectivity index (χ0n) is 12.7. The van der Waals surface area contributed by atoms with Crippen LogP contribution in [0.1, 0.15) is 37.4 Å². The minimum atomic E-state index is 0.393. The highest BCUT2D eigenvalue weighted by molar-refractivity contribution is 5.42. The van der Waals surface area contributed by atoms with Gasteiger partial charge in [0.2, 0.25) is 0 Å². The average molecular weight is 262 g/mol. The highest BCUT2D eigenvalue weighted by atomic mass is 16.5. The van der Waals surface area contributed by atoms with E-state index in [1.54, 1.807) is 7.11 Å². The van der Waals surface area contributed by atoms with Crippen molar-refractivity contribution in [2.24, 2.45) is 0 Å². The predicted molar refractivity (Wildman–Crippen MR) is 79.8 cm³/mol. The third-order valence-electron chi connectivity index (χ3n) is 4.62. The fourth-order valence-electron chi connectivity index (χ4n) is 3.07. The summed E-state index contributed by atoms with van der Waals surface area (Å²) in [7, 11) is 6.02. The number of fused-ring (bicyclic) bond motifs is 1. The predicted octanol–water partition coefficient (Wildman–Crippen LogP) is 2.61. The van der Waals surface area contributed by atoms with E-state index in [1.807, 2.05) is 0 Å². The second-order valence-corrected chi connectivity index (χ2v) is 5.53. The van der Waals surface area contributed by atoms with Crippen LogP contribution in [-0.2, 0) is 6.42 Å². The van der Waals surface area contributed by atoms with Gasteiger partial charge in [-0.1, -0.05) is 13.0 Å². The van der Waals surface area contributed by atoms with Gasteiger partial charge < -0.3 is 10.1 Å². The van der Waals surface area contributed by atoms with Crippen LogP contribution in [-0.4, -0.2) is 38.2 Å². The first-order valence-corrected chi connectivity index (χ1v) is 7.18. The lowest BCUT2D eigenvalue weighted by Crippen LogP contribution is -2.44. The molecule has 0 fully saturated rings. The Morgan fingerprint density at radius 2 is 2.21 bits per heavy atom. The maximum Gasteiger partial charge on any atom is 0.119 e. The van der Waals surface area contributed by atoms with Gasteiger partial charge in [-0.05, 0) is 57.1 Å². The number of benzene rings is 1.